The lowest BCUT2D eigenvalue weighted by Gasteiger charge is -2.09. The fraction of sp³-hybridized carbons (Fsp3) is 0.500. The van der Waals surface area contributed by atoms with Crippen molar-refractivity contribution >= 4 is 11.8 Å². The predicted octanol–water partition coefficient (Wildman–Crippen LogP) is -0.883. The van der Waals surface area contributed by atoms with Crippen LogP contribution in [-0.2, 0) is 4.74 Å². The number of aromatic amines is 1. The van der Waals surface area contributed by atoms with Gasteiger partial charge in [-0.25, -0.2) is 4.79 Å². The van der Waals surface area contributed by atoms with Gasteiger partial charge in [0.2, 0.25) is 0 Å². The van der Waals surface area contributed by atoms with Crippen LogP contribution < -0.4 is 11.2 Å². The Kier molecular flexibility index (Phi) is 2.94. The summed E-state index contributed by atoms with van der Waals surface area (Å²) in [7, 11) is 0. The molecule has 0 saturated carbocycles. The molecule has 2 heterocycles. The maximum atomic E-state index is 11.4. The van der Waals surface area contributed by atoms with E-state index in [4.69, 9.17) is 9.84 Å². The van der Waals surface area contributed by atoms with Crippen LogP contribution in [0.4, 0.5) is 0 Å². The number of aliphatic hydroxyl groups excluding tert-OH is 1. The lowest BCUT2D eigenvalue weighted by molar-refractivity contribution is 0.0803. The van der Waals surface area contributed by atoms with Gasteiger partial charge in [-0.05, 0) is 0 Å². The highest BCUT2D eigenvalue weighted by Gasteiger charge is 2.27. The van der Waals surface area contributed by atoms with Crippen LogP contribution in [0.5, 0.6) is 0 Å². The molecule has 2 N–H and O–H groups in total. The summed E-state index contributed by atoms with van der Waals surface area (Å²) in [5.74, 6) is 0. The standard InChI is InChI=1S/C8H10N2O4S/c11-3-7-14-4-6(15-7)10-2-1-5(12)9-8(10)13/h1-2,6-7,11H,3-4H2,(H,9,12,13). The van der Waals surface area contributed by atoms with E-state index in [1.807, 2.05) is 0 Å². The minimum Gasteiger partial charge on any atom is -0.393 e. The maximum Gasteiger partial charge on any atom is 0.329 e. The Balaban J connectivity index is 2.24. The Labute approximate surface area is 88.9 Å². The number of hydrogen-bond donors (Lipinski definition) is 2. The molecule has 1 aromatic rings. The van der Waals surface area contributed by atoms with Crippen LogP contribution in [0.2, 0.25) is 0 Å². The number of aliphatic hydroxyl groups is 1. The van der Waals surface area contributed by atoms with E-state index in [0.717, 1.165) is 0 Å². The smallest absolute Gasteiger partial charge is 0.329 e. The molecule has 1 aliphatic heterocycles. The molecule has 0 aromatic carbocycles. The Bertz CT molecular complexity index is 454. The van der Waals surface area contributed by atoms with Gasteiger partial charge < -0.3 is 9.84 Å². The van der Waals surface area contributed by atoms with Gasteiger partial charge in [-0.3, -0.25) is 14.3 Å². The van der Waals surface area contributed by atoms with E-state index in [-0.39, 0.29) is 17.4 Å². The molecule has 1 saturated heterocycles. The first-order chi connectivity index (χ1) is 7.20. The first-order valence-electron chi connectivity index (χ1n) is 4.40. The molecule has 15 heavy (non-hydrogen) atoms. The van der Waals surface area contributed by atoms with Crippen molar-refractivity contribution in [1.82, 2.24) is 9.55 Å². The number of rotatable bonds is 2. The first kappa shape index (κ1) is 10.5. The molecule has 0 bridgehead atoms. The van der Waals surface area contributed by atoms with Gasteiger partial charge in [0, 0.05) is 12.3 Å². The fourth-order valence-corrected chi connectivity index (χ4v) is 2.39. The van der Waals surface area contributed by atoms with Gasteiger partial charge in [0.25, 0.3) is 5.56 Å². The number of nitrogens with one attached hydrogen (secondary N) is 1. The van der Waals surface area contributed by atoms with Gasteiger partial charge in [0.1, 0.15) is 10.8 Å². The minimum atomic E-state index is -0.456. The van der Waals surface area contributed by atoms with Crippen molar-refractivity contribution in [3.05, 3.63) is 33.1 Å². The van der Waals surface area contributed by atoms with E-state index in [1.54, 1.807) is 0 Å². The Morgan fingerprint density at radius 1 is 1.67 bits per heavy atom. The summed E-state index contributed by atoms with van der Waals surface area (Å²) < 4.78 is 6.61. The van der Waals surface area contributed by atoms with Crippen LogP contribution >= 0.6 is 11.8 Å². The largest absolute Gasteiger partial charge is 0.393 e. The van der Waals surface area contributed by atoms with E-state index in [0.29, 0.717) is 6.61 Å². The highest BCUT2D eigenvalue weighted by molar-refractivity contribution is 8.00. The van der Waals surface area contributed by atoms with E-state index in [1.165, 1.54) is 28.6 Å². The summed E-state index contributed by atoms with van der Waals surface area (Å²) >= 11 is 1.35. The highest BCUT2D eigenvalue weighted by Crippen LogP contribution is 2.33. The van der Waals surface area contributed by atoms with E-state index < -0.39 is 11.2 Å². The zero-order valence-electron chi connectivity index (χ0n) is 7.75. The summed E-state index contributed by atoms with van der Waals surface area (Å²) in [6.07, 6.45) is 1.43. The van der Waals surface area contributed by atoms with Crippen molar-refractivity contribution in [2.45, 2.75) is 10.8 Å². The van der Waals surface area contributed by atoms with Crippen molar-refractivity contribution in [3.8, 4) is 0 Å². The average Bonchev–Trinajstić information content (AvgIpc) is 2.66. The second kappa shape index (κ2) is 4.21. The second-order valence-corrected chi connectivity index (χ2v) is 4.40. The SMILES string of the molecule is O=c1ccn(C2COC(CO)S2)c(=O)[nH]1. The Hall–Kier alpha value is -1.05. The Morgan fingerprint density at radius 2 is 2.47 bits per heavy atom. The van der Waals surface area contributed by atoms with E-state index in [9.17, 15) is 9.59 Å². The molecule has 2 rings (SSSR count). The molecule has 1 aliphatic rings. The third-order valence-electron chi connectivity index (χ3n) is 2.04. The molecule has 6 nitrogen and oxygen atoms in total. The molecular formula is C8H10N2O4S. The number of ether oxygens (including phenoxy) is 1. The topological polar surface area (TPSA) is 84.3 Å². The quantitative estimate of drug-likeness (QED) is 0.689. The highest BCUT2D eigenvalue weighted by atomic mass is 32.2. The van der Waals surface area contributed by atoms with Gasteiger partial charge in [0.15, 0.2) is 0 Å². The van der Waals surface area contributed by atoms with Crippen LogP contribution in [0.25, 0.3) is 0 Å². The molecule has 2 atom stereocenters. The number of H-pyrrole nitrogens is 1. The lowest BCUT2D eigenvalue weighted by atomic mass is 10.6. The summed E-state index contributed by atoms with van der Waals surface area (Å²) in [6.45, 7) is 0.265. The number of thioether (sulfide) groups is 1. The van der Waals surface area contributed by atoms with Crippen molar-refractivity contribution < 1.29 is 9.84 Å². The predicted molar refractivity (Wildman–Crippen MR) is 54.8 cm³/mol. The molecule has 82 valence electrons. The second-order valence-electron chi connectivity index (χ2n) is 3.05. The lowest BCUT2D eigenvalue weighted by Crippen LogP contribution is -2.30. The molecule has 0 amide bonds. The third-order valence-corrected chi connectivity index (χ3v) is 3.31. The van der Waals surface area contributed by atoms with Gasteiger partial charge in [-0.2, -0.15) is 0 Å². The Morgan fingerprint density at radius 3 is 3.07 bits per heavy atom. The van der Waals surface area contributed by atoms with Crippen molar-refractivity contribution in [1.29, 1.82) is 0 Å². The van der Waals surface area contributed by atoms with Gasteiger partial charge in [0.05, 0.1) is 13.2 Å². The first-order valence-corrected chi connectivity index (χ1v) is 5.34. The average molecular weight is 230 g/mol. The van der Waals surface area contributed by atoms with Gasteiger partial charge in [-0.1, -0.05) is 0 Å². The monoisotopic (exact) mass is 230 g/mol. The molecule has 1 fully saturated rings. The van der Waals surface area contributed by atoms with Gasteiger partial charge in [-0.15, -0.1) is 11.8 Å². The van der Waals surface area contributed by atoms with Gasteiger partial charge >= 0.3 is 5.69 Å². The van der Waals surface area contributed by atoms with Crippen LogP contribution in [0, 0.1) is 0 Å². The summed E-state index contributed by atoms with van der Waals surface area (Å²) in [5, 5.41) is 8.66. The third kappa shape index (κ3) is 2.14. The summed E-state index contributed by atoms with van der Waals surface area (Å²) in [5.41, 5.74) is -1.17. The van der Waals surface area contributed by atoms with E-state index >= 15 is 0 Å². The van der Waals surface area contributed by atoms with Crippen LogP contribution in [0.3, 0.4) is 0 Å². The molecule has 0 aliphatic carbocycles. The zero-order chi connectivity index (χ0) is 10.8. The van der Waals surface area contributed by atoms with E-state index in [2.05, 4.69) is 4.98 Å². The molecular weight excluding hydrogens is 220 g/mol. The summed E-state index contributed by atoms with van der Waals surface area (Å²) in [4.78, 5) is 24.4. The molecule has 0 spiro atoms. The molecule has 1 aromatic heterocycles. The maximum absolute atomic E-state index is 11.4. The summed E-state index contributed by atoms with van der Waals surface area (Å²) in [6, 6.07) is 1.29. The molecule has 7 heteroatoms. The minimum absolute atomic E-state index is 0.0841. The number of nitrogens with zero attached hydrogens (tertiary/aromatic N) is 1. The zero-order valence-corrected chi connectivity index (χ0v) is 8.57. The van der Waals surface area contributed by atoms with Crippen LogP contribution in [0.15, 0.2) is 21.9 Å². The van der Waals surface area contributed by atoms with Crippen LogP contribution in [-0.4, -0.2) is 33.3 Å². The number of hydrogen-bond acceptors (Lipinski definition) is 5. The van der Waals surface area contributed by atoms with Crippen molar-refractivity contribution in [2.75, 3.05) is 13.2 Å². The molecule has 2 unspecified atom stereocenters. The van der Waals surface area contributed by atoms with Crippen molar-refractivity contribution in [2.24, 2.45) is 0 Å². The van der Waals surface area contributed by atoms with Crippen molar-refractivity contribution in [3.63, 3.8) is 0 Å². The fourth-order valence-electron chi connectivity index (χ4n) is 1.34. The molecule has 0 radical (unpaired) electrons. The normalized spacial score (nSPS) is 25.7. The van der Waals surface area contributed by atoms with Crippen LogP contribution in [0.1, 0.15) is 5.37 Å². The number of aromatic nitrogens is 2.